The lowest BCUT2D eigenvalue weighted by molar-refractivity contribution is 0.439. The summed E-state index contributed by atoms with van der Waals surface area (Å²) in [5.74, 6) is 2.86. The van der Waals surface area contributed by atoms with E-state index in [4.69, 9.17) is 5.73 Å². The van der Waals surface area contributed by atoms with Crippen LogP contribution in [0.3, 0.4) is 0 Å². The van der Waals surface area contributed by atoms with Crippen molar-refractivity contribution in [2.24, 2.45) is 11.7 Å². The summed E-state index contributed by atoms with van der Waals surface area (Å²) in [6.45, 7) is 4.30. The molecule has 1 aliphatic carbocycles. The third kappa shape index (κ3) is 2.26. The number of hydrogen-bond donors (Lipinski definition) is 2. The van der Waals surface area contributed by atoms with Crippen molar-refractivity contribution in [3.05, 3.63) is 11.6 Å². The predicted octanol–water partition coefficient (Wildman–Crippen LogP) is 2.51. The van der Waals surface area contributed by atoms with Crippen LogP contribution in [-0.4, -0.2) is 15.2 Å². The molecule has 0 aliphatic heterocycles. The van der Waals surface area contributed by atoms with Crippen molar-refractivity contribution in [3.8, 4) is 0 Å². The van der Waals surface area contributed by atoms with E-state index in [-0.39, 0.29) is 6.04 Å². The van der Waals surface area contributed by atoms with Crippen LogP contribution in [0.2, 0.25) is 0 Å². The van der Waals surface area contributed by atoms with Crippen molar-refractivity contribution in [2.45, 2.75) is 57.9 Å². The Morgan fingerprint density at radius 1 is 1.44 bits per heavy atom. The van der Waals surface area contributed by atoms with Gasteiger partial charge in [0.15, 0.2) is 5.82 Å². The van der Waals surface area contributed by atoms with Crippen LogP contribution in [0.1, 0.15) is 69.6 Å². The Bertz CT molecular complexity index is 328. The van der Waals surface area contributed by atoms with E-state index >= 15 is 0 Å². The van der Waals surface area contributed by atoms with Crippen LogP contribution in [0, 0.1) is 5.92 Å². The van der Waals surface area contributed by atoms with Gasteiger partial charge in [-0.25, -0.2) is 4.98 Å². The highest BCUT2D eigenvalue weighted by atomic mass is 15.2. The van der Waals surface area contributed by atoms with Gasteiger partial charge in [0.25, 0.3) is 0 Å². The van der Waals surface area contributed by atoms with Gasteiger partial charge in [0, 0.05) is 5.92 Å². The van der Waals surface area contributed by atoms with Crippen LogP contribution in [0.15, 0.2) is 0 Å². The minimum atomic E-state index is -0.0311. The van der Waals surface area contributed by atoms with E-state index in [1.807, 2.05) is 0 Å². The van der Waals surface area contributed by atoms with Crippen LogP contribution >= 0.6 is 0 Å². The summed E-state index contributed by atoms with van der Waals surface area (Å²) in [5, 5.41) is 7.34. The molecule has 1 heterocycles. The largest absolute Gasteiger partial charge is 0.321 e. The van der Waals surface area contributed by atoms with Crippen LogP contribution in [0.5, 0.6) is 0 Å². The molecule has 1 saturated carbocycles. The molecule has 0 amide bonds. The first kappa shape index (κ1) is 11.6. The minimum Gasteiger partial charge on any atom is -0.321 e. The van der Waals surface area contributed by atoms with E-state index in [9.17, 15) is 0 Å². The Labute approximate surface area is 97.0 Å². The highest BCUT2D eigenvalue weighted by Gasteiger charge is 2.23. The molecule has 0 bridgehead atoms. The number of H-pyrrole nitrogens is 1. The third-order valence-electron chi connectivity index (χ3n) is 3.82. The lowest BCUT2D eigenvalue weighted by Gasteiger charge is -2.14. The van der Waals surface area contributed by atoms with Gasteiger partial charge in [-0.05, 0) is 18.8 Å². The molecule has 4 heteroatoms. The molecule has 0 aromatic carbocycles. The minimum absolute atomic E-state index is 0.0311. The first-order chi connectivity index (χ1) is 7.72. The lowest BCUT2D eigenvalue weighted by Crippen LogP contribution is -2.20. The molecule has 90 valence electrons. The number of nitrogens with one attached hydrogen (secondary N) is 1. The predicted molar refractivity (Wildman–Crippen MR) is 64.0 cm³/mol. The van der Waals surface area contributed by atoms with Crippen LogP contribution in [0.4, 0.5) is 0 Å². The van der Waals surface area contributed by atoms with Gasteiger partial charge >= 0.3 is 0 Å². The van der Waals surface area contributed by atoms with Gasteiger partial charge in [0.1, 0.15) is 5.82 Å². The number of hydrogen-bond acceptors (Lipinski definition) is 3. The molecule has 0 radical (unpaired) electrons. The highest BCUT2D eigenvalue weighted by molar-refractivity contribution is 5.03. The van der Waals surface area contributed by atoms with Gasteiger partial charge in [0.2, 0.25) is 0 Å². The first-order valence-electron chi connectivity index (χ1n) is 6.40. The van der Waals surface area contributed by atoms with E-state index < -0.39 is 0 Å². The molecule has 1 unspecified atom stereocenters. The smallest absolute Gasteiger partial charge is 0.167 e. The Balaban J connectivity index is 2.06. The van der Waals surface area contributed by atoms with Crippen molar-refractivity contribution in [1.82, 2.24) is 15.2 Å². The fourth-order valence-electron chi connectivity index (χ4n) is 2.33. The van der Waals surface area contributed by atoms with E-state index in [0.717, 1.165) is 18.1 Å². The number of nitrogens with two attached hydrogens (primary N) is 1. The maximum absolute atomic E-state index is 6.12. The second kappa shape index (κ2) is 4.95. The van der Waals surface area contributed by atoms with Gasteiger partial charge in [0.05, 0.1) is 6.04 Å². The maximum Gasteiger partial charge on any atom is 0.167 e. The molecule has 0 spiro atoms. The summed E-state index contributed by atoms with van der Waals surface area (Å²) < 4.78 is 0. The summed E-state index contributed by atoms with van der Waals surface area (Å²) in [6.07, 6.45) is 6.19. The monoisotopic (exact) mass is 222 g/mol. The fourth-order valence-corrected chi connectivity index (χ4v) is 2.33. The van der Waals surface area contributed by atoms with Gasteiger partial charge in [-0.3, -0.25) is 5.10 Å². The molecular formula is C12H22N4. The number of aromatic amines is 1. The zero-order valence-electron chi connectivity index (χ0n) is 10.2. The molecule has 16 heavy (non-hydrogen) atoms. The van der Waals surface area contributed by atoms with Crippen molar-refractivity contribution in [1.29, 1.82) is 0 Å². The van der Waals surface area contributed by atoms with E-state index in [0.29, 0.717) is 11.8 Å². The molecule has 1 aliphatic rings. The molecular weight excluding hydrogens is 200 g/mol. The zero-order valence-corrected chi connectivity index (χ0v) is 10.2. The summed E-state index contributed by atoms with van der Waals surface area (Å²) in [4.78, 5) is 4.57. The van der Waals surface area contributed by atoms with Crippen LogP contribution < -0.4 is 5.73 Å². The SMILES string of the molecule is CCC(C)[C@H](N)c1n[nH]c(C2CCCC2)n1. The summed E-state index contributed by atoms with van der Waals surface area (Å²) in [7, 11) is 0. The maximum atomic E-state index is 6.12. The third-order valence-corrected chi connectivity index (χ3v) is 3.82. The molecule has 2 rings (SSSR count). The number of nitrogens with zero attached hydrogens (tertiary/aromatic N) is 2. The standard InChI is InChI=1S/C12H22N4/c1-3-8(2)10(13)12-14-11(15-16-12)9-6-4-5-7-9/h8-10H,3-7,13H2,1-2H3,(H,14,15,16)/t8?,10-/m0/s1. The molecule has 2 atom stereocenters. The molecule has 4 nitrogen and oxygen atoms in total. The van der Waals surface area contributed by atoms with Crippen LogP contribution in [-0.2, 0) is 0 Å². The Morgan fingerprint density at radius 2 is 2.12 bits per heavy atom. The van der Waals surface area contributed by atoms with Gasteiger partial charge in [-0.1, -0.05) is 33.1 Å². The Morgan fingerprint density at radius 3 is 2.75 bits per heavy atom. The first-order valence-corrected chi connectivity index (χ1v) is 6.40. The van der Waals surface area contributed by atoms with Crippen molar-refractivity contribution in [3.63, 3.8) is 0 Å². The average molecular weight is 222 g/mol. The number of aromatic nitrogens is 3. The average Bonchev–Trinajstić information content (AvgIpc) is 2.96. The zero-order chi connectivity index (χ0) is 11.5. The van der Waals surface area contributed by atoms with E-state index in [1.54, 1.807) is 0 Å². The van der Waals surface area contributed by atoms with Gasteiger partial charge in [-0.15, -0.1) is 0 Å². The molecule has 1 aromatic rings. The molecule has 1 aromatic heterocycles. The summed E-state index contributed by atoms with van der Waals surface area (Å²) in [6, 6.07) is -0.0311. The lowest BCUT2D eigenvalue weighted by atomic mass is 10.00. The number of rotatable bonds is 4. The highest BCUT2D eigenvalue weighted by Crippen LogP contribution is 2.32. The second-order valence-corrected chi connectivity index (χ2v) is 4.97. The van der Waals surface area contributed by atoms with Gasteiger partial charge in [-0.2, -0.15) is 5.10 Å². The Kier molecular flexibility index (Phi) is 3.59. The topological polar surface area (TPSA) is 67.6 Å². The molecule has 1 fully saturated rings. The normalized spacial score (nSPS) is 21.2. The van der Waals surface area contributed by atoms with E-state index in [1.165, 1.54) is 25.7 Å². The molecule has 0 saturated heterocycles. The van der Waals surface area contributed by atoms with E-state index in [2.05, 4.69) is 29.0 Å². The van der Waals surface area contributed by atoms with Crippen molar-refractivity contribution >= 4 is 0 Å². The summed E-state index contributed by atoms with van der Waals surface area (Å²) >= 11 is 0. The Hall–Kier alpha value is -0.900. The van der Waals surface area contributed by atoms with Crippen molar-refractivity contribution in [2.75, 3.05) is 0 Å². The van der Waals surface area contributed by atoms with Crippen LogP contribution in [0.25, 0.3) is 0 Å². The van der Waals surface area contributed by atoms with Gasteiger partial charge < -0.3 is 5.73 Å². The second-order valence-electron chi connectivity index (χ2n) is 4.97. The fraction of sp³-hybridized carbons (Fsp3) is 0.833. The molecule has 3 N–H and O–H groups in total. The quantitative estimate of drug-likeness (QED) is 0.822. The van der Waals surface area contributed by atoms with Crippen molar-refractivity contribution < 1.29 is 0 Å². The summed E-state index contributed by atoms with van der Waals surface area (Å²) in [5.41, 5.74) is 6.12.